The number of fused-ring (bicyclic) bond motifs is 1. The Hall–Kier alpha value is -1.57. The normalized spacial score (nSPS) is 8.27. The van der Waals surface area contributed by atoms with Gasteiger partial charge in [0.2, 0.25) is 0 Å². The number of nitrogens with one attached hydrogen (secondary N) is 1. The van der Waals surface area contributed by atoms with E-state index < -0.39 is 0 Å². The summed E-state index contributed by atoms with van der Waals surface area (Å²) >= 11 is 0. The maximum Gasteiger partial charge on any atom is 0.126 e. The smallest absolute Gasteiger partial charge is 0.126 e. The number of aromatic amines is 1. The van der Waals surface area contributed by atoms with Crippen LogP contribution in [0.1, 0.15) is 27.7 Å². The first kappa shape index (κ1) is 13.4. The number of hydrogen-bond donors (Lipinski definition) is 1. The van der Waals surface area contributed by atoms with Crippen LogP contribution < -0.4 is 0 Å². The van der Waals surface area contributed by atoms with Gasteiger partial charge in [0.15, 0.2) is 0 Å². The Morgan fingerprint density at radius 1 is 1.07 bits per heavy atom. The molecule has 0 aliphatic heterocycles. The number of aromatic nitrogens is 1. The first-order valence-corrected chi connectivity index (χ1v) is 5.19. The van der Waals surface area contributed by atoms with Gasteiger partial charge >= 0.3 is 0 Å². The summed E-state index contributed by atoms with van der Waals surface area (Å²) in [6.07, 6.45) is 1.95. The molecule has 2 heteroatoms. The summed E-state index contributed by atoms with van der Waals surface area (Å²) in [5, 5.41) is 1.28. The van der Waals surface area contributed by atoms with Crippen molar-refractivity contribution in [3.63, 3.8) is 0 Å². The molecule has 0 amide bonds. The van der Waals surface area contributed by atoms with Crippen molar-refractivity contribution in [2.45, 2.75) is 27.7 Å². The SMILES string of the molecule is CC.CC(C)=O.c1ccc2[nH]ccc2c1. The van der Waals surface area contributed by atoms with Crippen molar-refractivity contribution < 1.29 is 4.79 Å². The molecule has 0 radical (unpaired) electrons. The maximum atomic E-state index is 9.44. The van der Waals surface area contributed by atoms with Gasteiger partial charge in [-0.15, -0.1) is 0 Å². The maximum absolute atomic E-state index is 9.44. The van der Waals surface area contributed by atoms with Crippen molar-refractivity contribution in [2.75, 3.05) is 0 Å². The van der Waals surface area contributed by atoms with Gasteiger partial charge in [-0.3, -0.25) is 0 Å². The fourth-order valence-electron chi connectivity index (χ4n) is 0.995. The number of H-pyrrole nitrogens is 1. The molecule has 0 aliphatic carbocycles. The molecule has 2 nitrogen and oxygen atoms in total. The van der Waals surface area contributed by atoms with Crippen LogP contribution in [0.3, 0.4) is 0 Å². The largest absolute Gasteiger partial charge is 0.361 e. The standard InChI is InChI=1S/C8H7N.C3H6O.C2H6/c1-2-4-8-7(3-1)5-6-9-8;1-3(2)4;1-2/h1-6,9H;1-2H3;1-2H3. The lowest BCUT2D eigenvalue weighted by Gasteiger charge is -1.83. The van der Waals surface area contributed by atoms with Gasteiger partial charge in [0, 0.05) is 11.7 Å². The summed E-state index contributed by atoms with van der Waals surface area (Å²) in [5.41, 5.74) is 1.21. The van der Waals surface area contributed by atoms with E-state index in [1.807, 2.05) is 32.2 Å². The average molecular weight is 205 g/mol. The van der Waals surface area contributed by atoms with E-state index in [-0.39, 0.29) is 5.78 Å². The van der Waals surface area contributed by atoms with Crippen LogP contribution in [0.4, 0.5) is 0 Å². The molecule has 0 unspecified atom stereocenters. The average Bonchev–Trinajstić information content (AvgIpc) is 2.67. The summed E-state index contributed by atoms with van der Waals surface area (Å²) in [6.45, 7) is 7.06. The molecule has 0 atom stereocenters. The van der Waals surface area contributed by atoms with Crippen molar-refractivity contribution in [1.29, 1.82) is 0 Å². The van der Waals surface area contributed by atoms with E-state index in [1.54, 1.807) is 0 Å². The van der Waals surface area contributed by atoms with Crippen molar-refractivity contribution >= 4 is 16.7 Å². The van der Waals surface area contributed by atoms with Crippen LogP contribution in [0.25, 0.3) is 10.9 Å². The molecule has 1 N–H and O–H groups in total. The van der Waals surface area contributed by atoms with Crippen LogP contribution >= 0.6 is 0 Å². The number of carbonyl (C=O) groups is 1. The molecule has 0 spiro atoms. The van der Waals surface area contributed by atoms with Crippen LogP contribution in [0.5, 0.6) is 0 Å². The summed E-state index contributed by atoms with van der Waals surface area (Å²) in [4.78, 5) is 12.6. The van der Waals surface area contributed by atoms with Crippen LogP contribution in [-0.4, -0.2) is 10.8 Å². The highest BCUT2D eigenvalue weighted by Gasteiger charge is 1.86. The predicted molar refractivity (Wildman–Crippen MR) is 66.0 cm³/mol. The fourth-order valence-corrected chi connectivity index (χ4v) is 0.995. The quantitative estimate of drug-likeness (QED) is 0.697. The Morgan fingerprint density at radius 2 is 1.60 bits per heavy atom. The molecule has 2 aromatic rings. The molecule has 1 aromatic carbocycles. The second kappa shape index (κ2) is 7.80. The van der Waals surface area contributed by atoms with Gasteiger partial charge in [0.1, 0.15) is 5.78 Å². The molecule has 1 heterocycles. The number of rotatable bonds is 0. The highest BCUT2D eigenvalue weighted by Crippen LogP contribution is 2.09. The minimum Gasteiger partial charge on any atom is -0.361 e. The first-order valence-electron chi connectivity index (χ1n) is 5.19. The van der Waals surface area contributed by atoms with Crippen LogP contribution in [-0.2, 0) is 4.79 Å². The molecular weight excluding hydrogens is 186 g/mol. The second-order valence-electron chi connectivity index (χ2n) is 2.97. The third-order valence-electron chi connectivity index (χ3n) is 1.46. The molecular formula is C13H19NO. The molecule has 15 heavy (non-hydrogen) atoms. The summed E-state index contributed by atoms with van der Waals surface area (Å²) in [6, 6.07) is 10.3. The summed E-state index contributed by atoms with van der Waals surface area (Å²) < 4.78 is 0. The molecule has 0 saturated carbocycles. The molecule has 82 valence electrons. The lowest BCUT2D eigenvalue weighted by Crippen LogP contribution is -1.69. The van der Waals surface area contributed by atoms with Crippen molar-refractivity contribution in [3.8, 4) is 0 Å². The molecule has 0 aliphatic rings. The number of para-hydroxylation sites is 1. The van der Waals surface area contributed by atoms with Gasteiger partial charge in [0.05, 0.1) is 0 Å². The van der Waals surface area contributed by atoms with Crippen molar-refractivity contribution in [3.05, 3.63) is 36.5 Å². The number of benzene rings is 1. The molecule has 0 fully saturated rings. The van der Waals surface area contributed by atoms with Crippen molar-refractivity contribution in [2.24, 2.45) is 0 Å². The number of ketones is 1. The van der Waals surface area contributed by atoms with Crippen LogP contribution in [0, 0.1) is 0 Å². The zero-order valence-corrected chi connectivity index (χ0v) is 9.87. The number of Topliss-reactive ketones (excluding diaryl/α,β-unsaturated/α-hetero) is 1. The van der Waals surface area contributed by atoms with Gasteiger partial charge in [0.25, 0.3) is 0 Å². The predicted octanol–water partition coefficient (Wildman–Crippen LogP) is 3.79. The van der Waals surface area contributed by atoms with Gasteiger partial charge in [-0.2, -0.15) is 0 Å². The van der Waals surface area contributed by atoms with E-state index in [9.17, 15) is 4.79 Å². The Kier molecular flexibility index (Phi) is 6.98. The minimum absolute atomic E-state index is 0.167. The van der Waals surface area contributed by atoms with E-state index in [4.69, 9.17) is 0 Å². The summed E-state index contributed by atoms with van der Waals surface area (Å²) in [7, 11) is 0. The highest BCUT2D eigenvalue weighted by molar-refractivity contribution is 5.78. The Labute approximate surface area is 91.3 Å². The van der Waals surface area contributed by atoms with Gasteiger partial charge in [-0.1, -0.05) is 32.0 Å². The lowest BCUT2D eigenvalue weighted by molar-refractivity contribution is -0.114. The molecule has 0 bridgehead atoms. The number of carbonyl (C=O) groups excluding carboxylic acids is 1. The topological polar surface area (TPSA) is 32.9 Å². The van der Waals surface area contributed by atoms with E-state index in [1.165, 1.54) is 24.8 Å². The lowest BCUT2D eigenvalue weighted by atomic mass is 10.3. The van der Waals surface area contributed by atoms with Gasteiger partial charge < -0.3 is 9.78 Å². The van der Waals surface area contributed by atoms with E-state index in [2.05, 4.69) is 23.2 Å². The molecule has 0 saturated heterocycles. The zero-order valence-electron chi connectivity index (χ0n) is 9.87. The van der Waals surface area contributed by atoms with E-state index in [0.717, 1.165) is 0 Å². The Bertz CT molecular complexity index is 356. The first-order chi connectivity index (χ1) is 7.20. The highest BCUT2D eigenvalue weighted by atomic mass is 16.1. The Balaban J connectivity index is 0.000000282. The molecule has 1 aromatic heterocycles. The zero-order chi connectivity index (χ0) is 11.7. The fraction of sp³-hybridized carbons (Fsp3) is 0.308. The Morgan fingerprint density at radius 3 is 2.13 bits per heavy atom. The van der Waals surface area contributed by atoms with E-state index >= 15 is 0 Å². The minimum atomic E-state index is 0.167. The monoisotopic (exact) mass is 205 g/mol. The second-order valence-corrected chi connectivity index (χ2v) is 2.97. The van der Waals surface area contributed by atoms with Gasteiger partial charge in [-0.25, -0.2) is 0 Å². The van der Waals surface area contributed by atoms with Crippen LogP contribution in [0.15, 0.2) is 36.5 Å². The van der Waals surface area contributed by atoms with Crippen LogP contribution in [0.2, 0.25) is 0 Å². The molecule has 2 rings (SSSR count). The van der Waals surface area contributed by atoms with Gasteiger partial charge in [-0.05, 0) is 31.4 Å². The van der Waals surface area contributed by atoms with E-state index in [0.29, 0.717) is 0 Å². The third kappa shape index (κ3) is 5.68. The third-order valence-corrected chi connectivity index (χ3v) is 1.46. The number of hydrogen-bond acceptors (Lipinski definition) is 1. The van der Waals surface area contributed by atoms with Crippen molar-refractivity contribution in [1.82, 2.24) is 4.98 Å². The summed E-state index contributed by atoms with van der Waals surface area (Å²) in [5.74, 6) is 0.167.